The fourth-order valence-electron chi connectivity index (χ4n) is 5.93. The molecule has 2 unspecified atom stereocenters. The first-order chi connectivity index (χ1) is 13.1. The third kappa shape index (κ3) is 2.34. The van der Waals surface area contributed by atoms with Crippen LogP contribution in [0.3, 0.4) is 0 Å². The van der Waals surface area contributed by atoms with Crippen LogP contribution in [0.5, 0.6) is 0 Å². The molecule has 2 atom stereocenters. The molecule has 0 aromatic carbocycles. The molecule has 6 rings (SSSR count). The van der Waals surface area contributed by atoms with Gasteiger partial charge in [-0.05, 0) is 49.8 Å². The van der Waals surface area contributed by atoms with Crippen LogP contribution in [-0.2, 0) is 14.3 Å². The summed E-state index contributed by atoms with van der Waals surface area (Å²) in [4.78, 5) is 35.7. The Kier molecular flexibility index (Phi) is 4.18. The van der Waals surface area contributed by atoms with Crippen molar-refractivity contribution in [2.75, 3.05) is 19.5 Å². The summed E-state index contributed by atoms with van der Waals surface area (Å²) in [5.74, 6) is -1.12. The maximum Gasteiger partial charge on any atom is 0.210 e. The second-order valence-corrected chi connectivity index (χ2v) is 9.01. The minimum atomic E-state index is -0.821. The topological polar surface area (TPSA) is 78.4 Å². The number of thioether (sulfide) groups is 1. The Hall–Kier alpha value is -1.31. The van der Waals surface area contributed by atoms with Crippen LogP contribution < -0.4 is 0 Å². The number of aromatic nitrogens is 2. The highest BCUT2D eigenvalue weighted by Crippen LogP contribution is 2.66. The Balaban J connectivity index is 1.53. The molecule has 4 saturated carbocycles. The van der Waals surface area contributed by atoms with Gasteiger partial charge in [-0.15, -0.1) is 11.8 Å². The van der Waals surface area contributed by atoms with Crippen molar-refractivity contribution in [1.82, 2.24) is 9.97 Å². The molecular weight excluding hydrogens is 364 g/mol. The quantitative estimate of drug-likeness (QED) is 0.341. The average Bonchev–Trinajstić information content (AvgIpc) is 3.14. The van der Waals surface area contributed by atoms with Gasteiger partial charge in [-0.25, -0.2) is 9.97 Å². The van der Waals surface area contributed by atoms with E-state index in [4.69, 9.17) is 9.47 Å². The Morgan fingerprint density at radius 3 is 2.70 bits per heavy atom. The molecule has 6 nitrogen and oxygen atoms in total. The molecule has 2 heterocycles. The summed E-state index contributed by atoms with van der Waals surface area (Å²) in [6.07, 6.45) is 8.82. The van der Waals surface area contributed by atoms with Gasteiger partial charge in [0.1, 0.15) is 0 Å². The van der Waals surface area contributed by atoms with Crippen LogP contribution in [0.4, 0.5) is 0 Å². The van der Waals surface area contributed by atoms with Crippen LogP contribution in [0, 0.1) is 23.2 Å². The highest BCUT2D eigenvalue weighted by molar-refractivity contribution is 7.98. The first-order valence-corrected chi connectivity index (χ1v) is 11.1. The Labute approximate surface area is 162 Å². The monoisotopic (exact) mass is 388 g/mol. The number of nitrogens with zero attached hydrogens (tertiary/aromatic N) is 2. The number of Topliss-reactive ketones (excluding diaryl/α,β-unsaturated/α-hetero) is 2. The molecule has 144 valence electrons. The maximum absolute atomic E-state index is 13.8. The summed E-state index contributed by atoms with van der Waals surface area (Å²) in [5.41, 5.74) is -0.673. The number of carbonyl (C=O) groups is 2. The van der Waals surface area contributed by atoms with Crippen LogP contribution in [-0.4, -0.2) is 46.8 Å². The summed E-state index contributed by atoms with van der Waals surface area (Å²) in [6.45, 7) is 1.06. The average molecular weight is 388 g/mol. The van der Waals surface area contributed by atoms with Gasteiger partial charge in [0.25, 0.3) is 0 Å². The van der Waals surface area contributed by atoms with Crippen molar-refractivity contribution in [3.8, 4) is 0 Å². The second kappa shape index (κ2) is 6.36. The van der Waals surface area contributed by atoms with E-state index in [1.807, 2.05) is 6.26 Å². The zero-order valence-corrected chi connectivity index (χ0v) is 16.3. The lowest BCUT2D eigenvalue weighted by molar-refractivity contribution is -0.284. The molecule has 2 spiro atoms. The lowest BCUT2D eigenvalue weighted by Gasteiger charge is -2.62. The van der Waals surface area contributed by atoms with Crippen molar-refractivity contribution >= 4 is 23.3 Å². The molecule has 1 aromatic heterocycles. The summed E-state index contributed by atoms with van der Waals surface area (Å²) in [7, 11) is 0. The molecule has 27 heavy (non-hydrogen) atoms. The predicted molar refractivity (Wildman–Crippen MR) is 98.4 cm³/mol. The van der Waals surface area contributed by atoms with E-state index in [1.165, 1.54) is 11.8 Å². The molecular formula is C20H24N2O4S. The first kappa shape index (κ1) is 17.8. The number of carbonyl (C=O) groups excluding carboxylic acids is 2. The van der Waals surface area contributed by atoms with E-state index >= 15 is 0 Å². The van der Waals surface area contributed by atoms with Gasteiger partial charge in [0, 0.05) is 12.6 Å². The van der Waals surface area contributed by atoms with E-state index in [9.17, 15) is 9.59 Å². The van der Waals surface area contributed by atoms with Gasteiger partial charge >= 0.3 is 0 Å². The number of ketones is 2. The largest absolute Gasteiger partial charge is 0.346 e. The SMILES string of the molecule is CSc1ccnc(C(=O)C2C(=O)C3(CCCCC34OCCO4)C3CC2C3)n1. The van der Waals surface area contributed by atoms with Gasteiger partial charge in [-0.3, -0.25) is 9.59 Å². The van der Waals surface area contributed by atoms with Crippen LogP contribution in [0.1, 0.15) is 49.1 Å². The van der Waals surface area contributed by atoms with E-state index in [0.717, 1.165) is 43.6 Å². The molecule has 2 bridgehead atoms. The van der Waals surface area contributed by atoms with E-state index in [2.05, 4.69) is 9.97 Å². The smallest absolute Gasteiger partial charge is 0.210 e. The third-order valence-corrected chi connectivity index (χ3v) is 7.81. The summed E-state index contributed by atoms with van der Waals surface area (Å²) >= 11 is 1.47. The number of hydrogen-bond acceptors (Lipinski definition) is 7. The van der Waals surface area contributed by atoms with Crippen LogP contribution in [0.25, 0.3) is 0 Å². The molecule has 0 amide bonds. The van der Waals surface area contributed by atoms with Crippen molar-refractivity contribution in [3.05, 3.63) is 18.1 Å². The third-order valence-electron chi connectivity index (χ3n) is 7.17. The van der Waals surface area contributed by atoms with Gasteiger partial charge in [0.05, 0.1) is 29.6 Å². The zero-order chi connectivity index (χ0) is 18.6. The maximum atomic E-state index is 13.8. The van der Waals surface area contributed by atoms with Crippen molar-refractivity contribution in [2.45, 2.75) is 49.3 Å². The van der Waals surface area contributed by atoms with Crippen LogP contribution >= 0.6 is 11.8 Å². The minimum absolute atomic E-state index is 0.0276. The van der Waals surface area contributed by atoms with Crippen molar-refractivity contribution in [2.24, 2.45) is 23.2 Å². The number of hydrogen-bond donors (Lipinski definition) is 0. The van der Waals surface area contributed by atoms with Gasteiger partial charge in [-0.2, -0.15) is 0 Å². The second-order valence-electron chi connectivity index (χ2n) is 8.19. The fourth-order valence-corrected chi connectivity index (χ4v) is 6.31. The lowest BCUT2D eigenvalue weighted by atomic mass is 9.42. The van der Waals surface area contributed by atoms with Crippen molar-refractivity contribution in [3.63, 3.8) is 0 Å². The fraction of sp³-hybridized carbons (Fsp3) is 0.700. The predicted octanol–water partition coefficient (Wildman–Crippen LogP) is 2.91. The number of rotatable bonds is 3. The van der Waals surface area contributed by atoms with Gasteiger partial charge < -0.3 is 9.47 Å². The van der Waals surface area contributed by atoms with E-state index in [1.54, 1.807) is 12.3 Å². The Morgan fingerprint density at radius 1 is 1.22 bits per heavy atom. The Morgan fingerprint density at radius 2 is 1.96 bits per heavy atom. The minimum Gasteiger partial charge on any atom is -0.346 e. The molecule has 4 aliphatic carbocycles. The molecule has 1 aliphatic heterocycles. The summed E-state index contributed by atoms with van der Waals surface area (Å²) in [6, 6.07) is 1.78. The van der Waals surface area contributed by atoms with Crippen LogP contribution in [0.15, 0.2) is 17.3 Å². The van der Waals surface area contributed by atoms with Gasteiger partial charge in [0.2, 0.25) is 5.78 Å². The molecule has 1 saturated heterocycles. The molecule has 5 fully saturated rings. The highest BCUT2D eigenvalue weighted by atomic mass is 32.2. The van der Waals surface area contributed by atoms with E-state index < -0.39 is 17.1 Å². The first-order valence-electron chi connectivity index (χ1n) is 9.85. The zero-order valence-electron chi connectivity index (χ0n) is 15.5. The molecule has 0 N–H and O–H groups in total. The number of fused-ring (bicyclic) bond motifs is 1. The Bertz CT molecular complexity index is 788. The van der Waals surface area contributed by atoms with Crippen molar-refractivity contribution < 1.29 is 19.1 Å². The lowest BCUT2D eigenvalue weighted by Crippen LogP contribution is -2.69. The van der Waals surface area contributed by atoms with E-state index in [-0.39, 0.29) is 29.2 Å². The van der Waals surface area contributed by atoms with Crippen LogP contribution in [0.2, 0.25) is 0 Å². The van der Waals surface area contributed by atoms with Gasteiger partial charge in [0.15, 0.2) is 17.4 Å². The highest BCUT2D eigenvalue weighted by Gasteiger charge is 2.72. The molecule has 5 aliphatic rings. The summed E-state index contributed by atoms with van der Waals surface area (Å²) in [5, 5.41) is 0.745. The molecule has 7 heteroatoms. The van der Waals surface area contributed by atoms with E-state index in [0.29, 0.717) is 13.2 Å². The van der Waals surface area contributed by atoms with Gasteiger partial charge in [-0.1, -0.05) is 6.42 Å². The number of ether oxygens (including phenoxy) is 2. The molecule has 0 radical (unpaired) electrons. The molecule has 1 aromatic rings. The normalized spacial score (nSPS) is 36.8. The van der Waals surface area contributed by atoms with Crippen molar-refractivity contribution in [1.29, 1.82) is 0 Å². The summed E-state index contributed by atoms with van der Waals surface area (Å²) < 4.78 is 12.2. The standard InChI is InChI=1S/C20H24N2O4S/c1-27-14-4-7-21-18(22-14)16(23)15-12-10-13(11-12)19(17(15)24)5-2-3-6-20(19)25-8-9-26-20/h4,7,12-13,15H,2-3,5-6,8-11H2,1H3.